The third kappa shape index (κ3) is 10.0. The van der Waals surface area contributed by atoms with Crippen LogP contribution in [0.25, 0.3) is 0 Å². The SMILES string of the molecule is COS(=O)(=O)[O-].COc1cc(N=Nc2sc(Nc3ccccc3)n[n+]2C)c(NS(C)(=O)=O)cc1Nc1ccccc1C. The van der Waals surface area contributed by atoms with Gasteiger partial charge in [-0.1, -0.05) is 41.5 Å². The number of para-hydroxylation sites is 2. The van der Waals surface area contributed by atoms with Crippen LogP contribution in [0.5, 0.6) is 5.75 Å². The lowest BCUT2D eigenvalue weighted by atomic mass is 10.1. The van der Waals surface area contributed by atoms with Gasteiger partial charge in [-0.25, -0.2) is 16.8 Å². The van der Waals surface area contributed by atoms with Crippen LogP contribution in [-0.2, 0) is 31.7 Å². The second kappa shape index (κ2) is 14.1. The fourth-order valence-corrected chi connectivity index (χ4v) is 4.61. The summed E-state index contributed by atoms with van der Waals surface area (Å²) in [6, 6.07) is 20.7. The molecule has 3 N–H and O–H groups in total. The molecular formula is C25H29N7O7S3. The van der Waals surface area contributed by atoms with Gasteiger partial charge in [-0.2, -0.15) is 0 Å². The van der Waals surface area contributed by atoms with Crippen LogP contribution in [0.2, 0.25) is 0 Å². The Hall–Kier alpha value is -4.16. The molecule has 0 bridgehead atoms. The van der Waals surface area contributed by atoms with E-state index in [9.17, 15) is 21.4 Å². The number of benzene rings is 3. The molecule has 0 radical (unpaired) electrons. The monoisotopic (exact) mass is 635 g/mol. The van der Waals surface area contributed by atoms with Crippen LogP contribution in [-0.4, -0.2) is 47.0 Å². The van der Waals surface area contributed by atoms with Gasteiger partial charge < -0.3 is 19.9 Å². The van der Waals surface area contributed by atoms with Crippen LogP contribution in [0.4, 0.5) is 38.7 Å². The second-order valence-electron chi connectivity index (χ2n) is 8.46. The number of azo groups is 1. The van der Waals surface area contributed by atoms with Gasteiger partial charge in [0.15, 0.2) is 0 Å². The van der Waals surface area contributed by atoms with Gasteiger partial charge >= 0.3 is 5.13 Å². The fraction of sp³-hybridized carbons (Fsp3) is 0.200. The van der Waals surface area contributed by atoms with E-state index in [1.807, 2.05) is 61.5 Å². The average Bonchev–Trinajstić information content (AvgIpc) is 3.27. The number of rotatable bonds is 10. The Labute approximate surface area is 248 Å². The summed E-state index contributed by atoms with van der Waals surface area (Å²) in [5, 5.41) is 20.8. The van der Waals surface area contributed by atoms with Crippen LogP contribution in [0.15, 0.2) is 77.0 Å². The van der Waals surface area contributed by atoms with E-state index in [1.54, 1.807) is 23.9 Å². The average molecular weight is 636 g/mol. The van der Waals surface area contributed by atoms with Crippen molar-refractivity contribution in [2.75, 3.05) is 35.8 Å². The molecule has 3 aromatic carbocycles. The maximum Gasteiger partial charge on any atom is 0.431 e. The first-order valence-electron chi connectivity index (χ1n) is 11.9. The van der Waals surface area contributed by atoms with Gasteiger partial charge in [-0.15, -0.1) is 4.68 Å². The van der Waals surface area contributed by atoms with E-state index in [0.29, 0.717) is 27.4 Å². The maximum absolute atomic E-state index is 12.1. The molecule has 0 amide bonds. The van der Waals surface area contributed by atoms with Crippen molar-refractivity contribution in [1.82, 2.24) is 5.10 Å². The number of aryl methyl sites for hydroxylation is 2. The summed E-state index contributed by atoms with van der Waals surface area (Å²) in [5.74, 6) is 0.478. The molecule has 4 aromatic rings. The lowest BCUT2D eigenvalue weighted by molar-refractivity contribution is -0.712. The minimum Gasteiger partial charge on any atom is -0.726 e. The van der Waals surface area contributed by atoms with E-state index in [4.69, 9.17) is 4.74 Å². The van der Waals surface area contributed by atoms with E-state index < -0.39 is 20.4 Å². The Bertz CT molecular complexity index is 1760. The molecule has 224 valence electrons. The van der Waals surface area contributed by atoms with E-state index in [0.717, 1.165) is 30.3 Å². The van der Waals surface area contributed by atoms with E-state index in [1.165, 1.54) is 18.4 Å². The summed E-state index contributed by atoms with van der Waals surface area (Å²) >= 11 is 1.31. The Balaban J connectivity index is 0.000000730. The Kier molecular flexibility index (Phi) is 10.9. The molecule has 4 rings (SSSR count). The Morgan fingerprint density at radius 3 is 2.14 bits per heavy atom. The smallest absolute Gasteiger partial charge is 0.431 e. The Morgan fingerprint density at radius 2 is 1.55 bits per heavy atom. The first-order chi connectivity index (χ1) is 19.8. The predicted molar refractivity (Wildman–Crippen MR) is 160 cm³/mol. The molecule has 0 aliphatic carbocycles. The number of anilines is 5. The molecule has 1 aromatic heterocycles. The summed E-state index contributed by atoms with van der Waals surface area (Å²) in [6.07, 6.45) is 1.08. The van der Waals surface area contributed by atoms with Crippen molar-refractivity contribution < 1.29 is 35.0 Å². The number of hydrogen-bond donors (Lipinski definition) is 3. The second-order valence-corrected chi connectivity index (χ2v) is 12.3. The number of aromatic nitrogens is 2. The first-order valence-corrected chi connectivity index (χ1v) is 16.0. The van der Waals surface area contributed by atoms with Gasteiger partial charge in [0.25, 0.3) is 0 Å². The molecular weight excluding hydrogens is 607 g/mol. The molecule has 0 spiro atoms. The molecule has 1 heterocycles. The van der Waals surface area contributed by atoms with Crippen molar-refractivity contribution in [1.29, 1.82) is 0 Å². The van der Waals surface area contributed by atoms with Crippen LogP contribution < -0.4 is 24.8 Å². The number of nitrogens with zero attached hydrogens (tertiary/aromatic N) is 4. The van der Waals surface area contributed by atoms with E-state index in [2.05, 4.69) is 34.9 Å². The van der Waals surface area contributed by atoms with E-state index in [-0.39, 0.29) is 5.69 Å². The minimum absolute atomic E-state index is 0.257. The fourth-order valence-electron chi connectivity index (χ4n) is 3.29. The highest BCUT2D eigenvalue weighted by molar-refractivity contribution is 7.92. The summed E-state index contributed by atoms with van der Waals surface area (Å²) in [5.41, 5.74) is 3.92. The number of ether oxygens (including phenoxy) is 1. The number of sulfonamides is 1. The summed E-state index contributed by atoms with van der Waals surface area (Å²) < 4.78 is 64.9. The highest BCUT2D eigenvalue weighted by Gasteiger charge is 2.19. The van der Waals surface area contributed by atoms with Crippen molar-refractivity contribution in [3.05, 3.63) is 72.3 Å². The zero-order valence-corrected chi connectivity index (χ0v) is 25.7. The van der Waals surface area contributed by atoms with Gasteiger partial charge in [0.05, 0.1) is 37.0 Å². The van der Waals surface area contributed by atoms with E-state index >= 15 is 0 Å². The lowest BCUT2D eigenvalue weighted by Crippen LogP contribution is -2.29. The molecule has 42 heavy (non-hydrogen) atoms. The van der Waals surface area contributed by atoms with Gasteiger partial charge in [-0.05, 0) is 53.2 Å². The van der Waals surface area contributed by atoms with Crippen molar-refractivity contribution in [3.63, 3.8) is 0 Å². The summed E-state index contributed by atoms with van der Waals surface area (Å²) in [7, 11) is -3.90. The third-order valence-electron chi connectivity index (χ3n) is 5.21. The predicted octanol–water partition coefficient (Wildman–Crippen LogP) is 4.65. The zero-order valence-electron chi connectivity index (χ0n) is 23.2. The Morgan fingerprint density at radius 1 is 0.905 bits per heavy atom. The highest BCUT2D eigenvalue weighted by atomic mass is 32.3. The van der Waals surface area contributed by atoms with Crippen molar-refractivity contribution in [3.8, 4) is 5.75 Å². The molecule has 0 saturated carbocycles. The molecule has 0 fully saturated rings. The molecule has 0 aliphatic rings. The van der Waals surface area contributed by atoms with Gasteiger partial charge in [-0.3, -0.25) is 8.91 Å². The molecule has 17 heteroatoms. The molecule has 14 nitrogen and oxygen atoms in total. The number of hydrogen-bond acceptors (Lipinski definition) is 13. The zero-order chi connectivity index (χ0) is 30.9. The van der Waals surface area contributed by atoms with Crippen LogP contribution in [0.3, 0.4) is 0 Å². The van der Waals surface area contributed by atoms with Crippen molar-refractivity contribution in [2.24, 2.45) is 17.3 Å². The first kappa shape index (κ1) is 32.4. The van der Waals surface area contributed by atoms with Gasteiger partial charge in [0.2, 0.25) is 25.6 Å². The maximum atomic E-state index is 12.1. The third-order valence-corrected chi connectivity index (χ3v) is 7.11. The van der Waals surface area contributed by atoms with Crippen molar-refractivity contribution >= 4 is 70.5 Å². The van der Waals surface area contributed by atoms with Crippen LogP contribution in [0.1, 0.15) is 5.56 Å². The van der Waals surface area contributed by atoms with Gasteiger partial charge in [0.1, 0.15) is 18.5 Å². The molecule has 0 aliphatic heterocycles. The molecule has 0 atom stereocenters. The molecule has 0 saturated heterocycles. The molecule has 0 unspecified atom stereocenters. The normalized spacial score (nSPS) is 11.5. The quantitative estimate of drug-likeness (QED) is 0.0958. The van der Waals surface area contributed by atoms with Gasteiger partial charge in [0, 0.05) is 17.4 Å². The lowest BCUT2D eigenvalue weighted by Gasteiger charge is -2.16. The summed E-state index contributed by atoms with van der Waals surface area (Å²) in [4.78, 5) is 0. The number of methoxy groups -OCH3 is 1. The standard InChI is InChI=1S/C24H25N7O3S2.CH4O4S/c1-16-10-8-9-13-18(16)26-21-14-20(30-36(4,32)33)19(15-22(21)34-3)27-28-24-31(2)29-23(35-24)25-17-11-6-5-7-12-17;1-5-6(2,3)4/h5-15H,1-4H3,(H2,25,26,29,30);1H3,(H,2,3,4). The highest BCUT2D eigenvalue weighted by Crippen LogP contribution is 2.40. The largest absolute Gasteiger partial charge is 0.726 e. The van der Waals surface area contributed by atoms with Crippen molar-refractivity contribution in [2.45, 2.75) is 6.92 Å². The summed E-state index contributed by atoms with van der Waals surface area (Å²) in [6.45, 7) is 1.98. The van der Waals surface area contributed by atoms with Crippen LogP contribution in [0, 0.1) is 6.92 Å². The number of nitrogens with one attached hydrogen (secondary N) is 3. The van der Waals surface area contributed by atoms with Crippen LogP contribution >= 0.6 is 11.3 Å². The topological polar surface area (TPSA) is 187 Å². The minimum atomic E-state index is -4.41.